The monoisotopic (exact) mass is 355 g/mol. The van der Waals surface area contributed by atoms with Crippen molar-refractivity contribution >= 4 is 11.7 Å². The molecule has 0 aliphatic rings. The van der Waals surface area contributed by atoms with Crippen molar-refractivity contribution in [2.24, 2.45) is 0 Å². The summed E-state index contributed by atoms with van der Waals surface area (Å²) in [5, 5.41) is 0. The van der Waals surface area contributed by atoms with Gasteiger partial charge in [0.15, 0.2) is 5.78 Å². The number of hydrogen-bond acceptors (Lipinski definition) is 4. The second kappa shape index (κ2) is 8.52. The first-order valence-electron chi connectivity index (χ1n) is 8.41. The molecule has 2 aromatic rings. The second-order valence-electron chi connectivity index (χ2n) is 6.32. The highest BCUT2D eigenvalue weighted by Gasteiger charge is 2.16. The lowest BCUT2D eigenvalue weighted by Gasteiger charge is -2.20. The molecule has 5 heteroatoms. The number of methoxy groups -OCH3 is 2. The number of ether oxygens (including phenoxy) is 2. The fraction of sp³-hybridized carbons (Fsp3) is 0.333. The van der Waals surface area contributed by atoms with Gasteiger partial charge in [-0.1, -0.05) is 17.7 Å². The van der Waals surface area contributed by atoms with Crippen LogP contribution in [0.4, 0.5) is 0 Å². The Morgan fingerprint density at radius 1 is 0.962 bits per heavy atom. The maximum Gasteiger partial charge on any atom is 0.227 e. The minimum absolute atomic E-state index is 0.0424. The van der Waals surface area contributed by atoms with Crippen LogP contribution >= 0.6 is 0 Å². The molecule has 0 saturated heterocycles. The summed E-state index contributed by atoms with van der Waals surface area (Å²) in [5.74, 6) is 1.25. The Bertz CT molecular complexity index is 814. The van der Waals surface area contributed by atoms with Crippen LogP contribution in [-0.2, 0) is 17.8 Å². The van der Waals surface area contributed by atoms with Crippen molar-refractivity contribution in [3.63, 3.8) is 0 Å². The quantitative estimate of drug-likeness (QED) is 0.714. The predicted molar refractivity (Wildman–Crippen MR) is 101 cm³/mol. The fourth-order valence-electron chi connectivity index (χ4n) is 2.81. The Kier molecular flexibility index (Phi) is 6.39. The van der Waals surface area contributed by atoms with Crippen LogP contribution in [-0.4, -0.2) is 37.9 Å². The summed E-state index contributed by atoms with van der Waals surface area (Å²) in [4.78, 5) is 26.0. The zero-order valence-electron chi connectivity index (χ0n) is 16.0. The van der Waals surface area contributed by atoms with E-state index >= 15 is 0 Å². The van der Waals surface area contributed by atoms with Crippen LogP contribution in [0.5, 0.6) is 11.5 Å². The van der Waals surface area contributed by atoms with Crippen LogP contribution in [0.3, 0.4) is 0 Å². The van der Waals surface area contributed by atoms with E-state index in [1.165, 1.54) is 6.92 Å². The van der Waals surface area contributed by atoms with Gasteiger partial charge in [0.25, 0.3) is 0 Å². The SMILES string of the molecule is COc1ccc(C(C)=O)cc1CC(=O)N(C)Cc1cc(C)ccc1OC. The van der Waals surface area contributed by atoms with Gasteiger partial charge in [-0.3, -0.25) is 9.59 Å². The van der Waals surface area contributed by atoms with Crippen LogP contribution < -0.4 is 9.47 Å². The number of nitrogens with zero attached hydrogens (tertiary/aromatic N) is 1. The van der Waals surface area contributed by atoms with Gasteiger partial charge in [-0.25, -0.2) is 0 Å². The number of carbonyl (C=O) groups is 2. The Balaban J connectivity index is 2.18. The maximum atomic E-state index is 12.7. The van der Waals surface area contributed by atoms with Gasteiger partial charge in [-0.05, 0) is 38.1 Å². The molecule has 0 atom stereocenters. The maximum absolute atomic E-state index is 12.7. The van der Waals surface area contributed by atoms with E-state index in [1.807, 2.05) is 25.1 Å². The van der Waals surface area contributed by atoms with Crippen molar-refractivity contribution in [2.75, 3.05) is 21.3 Å². The molecule has 0 N–H and O–H groups in total. The molecule has 0 unspecified atom stereocenters. The van der Waals surface area contributed by atoms with E-state index < -0.39 is 0 Å². The highest BCUT2D eigenvalue weighted by molar-refractivity contribution is 5.94. The Morgan fingerprint density at radius 2 is 1.58 bits per heavy atom. The minimum atomic E-state index is -0.0624. The van der Waals surface area contributed by atoms with E-state index in [0.717, 1.165) is 16.9 Å². The minimum Gasteiger partial charge on any atom is -0.496 e. The zero-order valence-corrected chi connectivity index (χ0v) is 16.0. The summed E-state index contributed by atoms with van der Waals surface area (Å²) < 4.78 is 10.7. The molecule has 26 heavy (non-hydrogen) atoms. The molecular weight excluding hydrogens is 330 g/mol. The first kappa shape index (κ1) is 19.5. The third kappa shape index (κ3) is 4.63. The molecular formula is C21H25NO4. The van der Waals surface area contributed by atoms with Crippen molar-refractivity contribution in [2.45, 2.75) is 26.8 Å². The molecule has 0 heterocycles. The van der Waals surface area contributed by atoms with Gasteiger partial charge in [0.2, 0.25) is 5.91 Å². The summed E-state index contributed by atoms with van der Waals surface area (Å²) in [6.45, 7) is 3.95. The smallest absolute Gasteiger partial charge is 0.227 e. The Labute approximate surface area is 154 Å². The number of aryl methyl sites for hydroxylation is 1. The van der Waals surface area contributed by atoms with Gasteiger partial charge in [0.05, 0.1) is 20.6 Å². The number of rotatable bonds is 7. The molecule has 0 aromatic heterocycles. The number of amides is 1. The van der Waals surface area contributed by atoms with Crippen molar-refractivity contribution in [3.8, 4) is 11.5 Å². The summed E-state index contributed by atoms with van der Waals surface area (Å²) in [6, 6.07) is 11.0. The van der Waals surface area contributed by atoms with Gasteiger partial charge in [0, 0.05) is 30.3 Å². The molecule has 138 valence electrons. The second-order valence-corrected chi connectivity index (χ2v) is 6.32. The first-order valence-corrected chi connectivity index (χ1v) is 8.41. The molecule has 5 nitrogen and oxygen atoms in total. The van der Waals surface area contributed by atoms with E-state index in [1.54, 1.807) is 44.4 Å². The van der Waals surface area contributed by atoms with Crippen LogP contribution in [0.15, 0.2) is 36.4 Å². The number of ketones is 1. The van der Waals surface area contributed by atoms with E-state index in [2.05, 4.69) is 0 Å². The lowest BCUT2D eigenvalue weighted by molar-refractivity contribution is -0.129. The third-order valence-electron chi connectivity index (χ3n) is 4.30. The average Bonchev–Trinajstić information content (AvgIpc) is 2.61. The lowest BCUT2D eigenvalue weighted by atomic mass is 10.0. The van der Waals surface area contributed by atoms with Gasteiger partial charge < -0.3 is 14.4 Å². The highest BCUT2D eigenvalue weighted by atomic mass is 16.5. The molecule has 1 amide bonds. The standard InChI is InChI=1S/C21H25NO4/c1-14-6-8-20(26-5)18(10-14)13-22(3)21(24)12-17-11-16(15(2)23)7-9-19(17)25-4/h6-11H,12-13H2,1-5H3. The summed E-state index contributed by atoms with van der Waals surface area (Å²) >= 11 is 0. The van der Waals surface area contributed by atoms with Crippen LogP contribution in [0.25, 0.3) is 0 Å². The van der Waals surface area contributed by atoms with E-state index in [-0.39, 0.29) is 18.1 Å². The zero-order chi connectivity index (χ0) is 19.3. The predicted octanol–water partition coefficient (Wildman–Crippen LogP) is 3.42. The molecule has 0 aliphatic heterocycles. The van der Waals surface area contributed by atoms with E-state index in [4.69, 9.17) is 9.47 Å². The summed E-state index contributed by atoms with van der Waals surface area (Å²) in [6.07, 6.45) is 0.162. The summed E-state index contributed by atoms with van der Waals surface area (Å²) in [5.41, 5.74) is 3.33. The lowest BCUT2D eigenvalue weighted by Crippen LogP contribution is -2.28. The van der Waals surface area contributed by atoms with Crippen molar-refractivity contribution < 1.29 is 19.1 Å². The molecule has 0 fully saturated rings. The molecule has 2 aromatic carbocycles. The highest BCUT2D eigenvalue weighted by Crippen LogP contribution is 2.23. The van der Waals surface area contributed by atoms with Gasteiger partial charge in [0.1, 0.15) is 11.5 Å². The molecule has 0 spiro atoms. The van der Waals surface area contributed by atoms with Crippen LogP contribution in [0, 0.1) is 6.92 Å². The molecule has 0 radical (unpaired) electrons. The number of hydrogen-bond donors (Lipinski definition) is 0. The normalized spacial score (nSPS) is 10.3. The number of Topliss-reactive ketones (excluding diaryl/α,β-unsaturated/α-hetero) is 1. The Hall–Kier alpha value is -2.82. The molecule has 0 bridgehead atoms. The largest absolute Gasteiger partial charge is 0.496 e. The molecule has 2 rings (SSSR count). The van der Waals surface area contributed by atoms with E-state index in [0.29, 0.717) is 23.4 Å². The van der Waals surface area contributed by atoms with Gasteiger partial charge in [-0.15, -0.1) is 0 Å². The van der Waals surface area contributed by atoms with Crippen LogP contribution in [0.2, 0.25) is 0 Å². The van der Waals surface area contributed by atoms with Crippen LogP contribution in [0.1, 0.15) is 34.0 Å². The van der Waals surface area contributed by atoms with Crippen molar-refractivity contribution in [1.82, 2.24) is 4.90 Å². The summed E-state index contributed by atoms with van der Waals surface area (Å²) in [7, 11) is 4.93. The number of benzene rings is 2. The van der Waals surface area contributed by atoms with E-state index in [9.17, 15) is 9.59 Å². The van der Waals surface area contributed by atoms with Gasteiger partial charge >= 0.3 is 0 Å². The van der Waals surface area contributed by atoms with Crippen molar-refractivity contribution in [3.05, 3.63) is 58.7 Å². The number of carbonyl (C=O) groups excluding carboxylic acids is 2. The molecule has 0 aliphatic carbocycles. The molecule has 0 saturated carbocycles. The third-order valence-corrected chi connectivity index (χ3v) is 4.30. The first-order chi connectivity index (χ1) is 12.3. The van der Waals surface area contributed by atoms with Crippen molar-refractivity contribution in [1.29, 1.82) is 0 Å². The topological polar surface area (TPSA) is 55.8 Å². The van der Waals surface area contributed by atoms with Gasteiger partial charge in [-0.2, -0.15) is 0 Å². The number of likely N-dealkylation sites (N-methyl/N-ethyl adjacent to an activating group) is 1. The average molecular weight is 355 g/mol. The fourth-order valence-corrected chi connectivity index (χ4v) is 2.81. The Morgan fingerprint density at radius 3 is 2.19 bits per heavy atom.